The number of hydrogen-bond donors (Lipinski definition) is 2. The minimum Gasteiger partial charge on any atom is -0.452 e. The quantitative estimate of drug-likeness (QED) is 0.795. The molecule has 1 rings (SSSR count). The zero-order valence-corrected chi connectivity index (χ0v) is 12.7. The fraction of sp³-hybridized carbons (Fsp3) is 0.250. The Hall–Kier alpha value is -2.00. The molecule has 0 heterocycles. The molecule has 126 valence electrons. The van der Waals surface area contributed by atoms with Gasteiger partial charge in [0.1, 0.15) is 6.54 Å². The molecule has 2 N–H and O–H groups in total. The topological polar surface area (TPSA) is 84.5 Å². The van der Waals surface area contributed by atoms with E-state index in [2.05, 4.69) is 4.74 Å². The van der Waals surface area contributed by atoms with Crippen molar-refractivity contribution in [2.24, 2.45) is 0 Å². The van der Waals surface area contributed by atoms with Gasteiger partial charge in [0.15, 0.2) is 6.61 Å². The van der Waals surface area contributed by atoms with Gasteiger partial charge < -0.3 is 10.1 Å². The second kappa shape index (κ2) is 8.02. The Morgan fingerprint density at radius 1 is 1.09 bits per heavy atom. The molecule has 0 radical (unpaired) electrons. The van der Waals surface area contributed by atoms with E-state index < -0.39 is 37.2 Å². The van der Waals surface area contributed by atoms with Crippen molar-refractivity contribution in [1.82, 2.24) is 10.6 Å². The van der Waals surface area contributed by atoms with Crippen LogP contribution in [-0.4, -0.2) is 37.2 Å². The maximum atomic E-state index is 11.8. The van der Waals surface area contributed by atoms with Crippen LogP contribution in [0.4, 0.5) is 18.0 Å². The SMILES string of the molecule is O=C(COC(=O)c1cc(Cl)cc(Cl)c1)NC(=O)NCC(F)(F)F. The number of urea groups is 1. The minimum atomic E-state index is -4.61. The van der Waals surface area contributed by atoms with Crippen molar-refractivity contribution in [3.8, 4) is 0 Å². The highest BCUT2D eigenvalue weighted by Crippen LogP contribution is 2.19. The van der Waals surface area contributed by atoms with Crippen LogP contribution in [0.3, 0.4) is 0 Å². The summed E-state index contributed by atoms with van der Waals surface area (Å²) in [6.07, 6.45) is -4.61. The number of alkyl halides is 3. The van der Waals surface area contributed by atoms with Crippen LogP contribution in [0.25, 0.3) is 0 Å². The lowest BCUT2D eigenvalue weighted by Crippen LogP contribution is -2.44. The molecular weight excluding hydrogens is 364 g/mol. The van der Waals surface area contributed by atoms with E-state index in [4.69, 9.17) is 23.2 Å². The van der Waals surface area contributed by atoms with Crippen molar-refractivity contribution < 1.29 is 32.3 Å². The molecule has 11 heteroatoms. The predicted molar refractivity (Wildman–Crippen MR) is 74.3 cm³/mol. The van der Waals surface area contributed by atoms with Crippen molar-refractivity contribution in [1.29, 1.82) is 0 Å². The summed E-state index contributed by atoms with van der Waals surface area (Å²) in [7, 11) is 0. The lowest BCUT2D eigenvalue weighted by Gasteiger charge is -2.09. The molecule has 0 bridgehead atoms. The Labute approximate surface area is 137 Å². The van der Waals surface area contributed by atoms with E-state index in [9.17, 15) is 27.6 Å². The lowest BCUT2D eigenvalue weighted by atomic mass is 10.2. The molecule has 0 saturated carbocycles. The van der Waals surface area contributed by atoms with Gasteiger partial charge >= 0.3 is 18.2 Å². The molecule has 0 aliphatic carbocycles. The Morgan fingerprint density at radius 3 is 2.17 bits per heavy atom. The summed E-state index contributed by atoms with van der Waals surface area (Å²) in [6.45, 7) is -2.48. The van der Waals surface area contributed by atoms with Crippen LogP contribution in [-0.2, 0) is 9.53 Å². The number of halogens is 5. The molecule has 0 saturated heterocycles. The summed E-state index contributed by atoms with van der Waals surface area (Å²) < 4.78 is 40.1. The van der Waals surface area contributed by atoms with Crippen molar-refractivity contribution in [3.05, 3.63) is 33.8 Å². The molecule has 0 fully saturated rings. The summed E-state index contributed by atoms with van der Waals surface area (Å²) in [6, 6.07) is 2.49. The zero-order chi connectivity index (χ0) is 17.6. The Bertz CT molecular complexity index is 603. The van der Waals surface area contributed by atoms with Crippen LogP contribution in [0.15, 0.2) is 18.2 Å². The second-order valence-corrected chi connectivity index (χ2v) is 4.95. The average Bonchev–Trinajstić information content (AvgIpc) is 2.40. The Morgan fingerprint density at radius 2 is 1.65 bits per heavy atom. The van der Waals surface area contributed by atoms with Gasteiger partial charge in [0.2, 0.25) is 0 Å². The molecule has 0 spiro atoms. The molecule has 23 heavy (non-hydrogen) atoms. The second-order valence-electron chi connectivity index (χ2n) is 4.08. The van der Waals surface area contributed by atoms with E-state index in [1.807, 2.05) is 0 Å². The highest BCUT2D eigenvalue weighted by atomic mass is 35.5. The number of carbonyl (C=O) groups is 3. The van der Waals surface area contributed by atoms with Crippen molar-refractivity contribution in [2.45, 2.75) is 6.18 Å². The average molecular weight is 373 g/mol. The third kappa shape index (κ3) is 7.71. The van der Waals surface area contributed by atoms with Gasteiger partial charge in [0, 0.05) is 10.0 Å². The van der Waals surface area contributed by atoms with Gasteiger partial charge in [-0.1, -0.05) is 23.2 Å². The van der Waals surface area contributed by atoms with Crippen LogP contribution < -0.4 is 10.6 Å². The molecule has 0 atom stereocenters. The van der Waals surface area contributed by atoms with Gasteiger partial charge in [0.05, 0.1) is 5.56 Å². The van der Waals surface area contributed by atoms with Gasteiger partial charge in [-0.05, 0) is 18.2 Å². The largest absolute Gasteiger partial charge is 0.452 e. The highest BCUT2D eigenvalue weighted by Gasteiger charge is 2.28. The number of imide groups is 1. The maximum absolute atomic E-state index is 11.8. The molecule has 6 nitrogen and oxygen atoms in total. The molecule has 3 amide bonds. The van der Waals surface area contributed by atoms with E-state index in [-0.39, 0.29) is 15.6 Å². The van der Waals surface area contributed by atoms with E-state index in [0.29, 0.717) is 0 Å². The highest BCUT2D eigenvalue weighted by molar-refractivity contribution is 6.35. The first-order valence-electron chi connectivity index (χ1n) is 5.84. The van der Waals surface area contributed by atoms with Gasteiger partial charge in [0.25, 0.3) is 5.91 Å². The van der Waals surface area contributed by atoms with E-state index in [0.717, 1.165) is 0 Å². The molecule has 1 aromatic rings. The number of ether oxygens (including phenoxy) is 1. The van der Waals surface area contributed by atoms with Crippen molar-refractivity contribution >= 4 is 41.1 Å². The fourth-order valence-electron chi connectivity index (χ4n) is 1.27. The van der Waals surface area contributed by atoms with Gasteiger partial charge in [-0.15, -0.1) is 0 Å². The van der Waals surface area contributed by atoms with Gasteiger partial charge in [-0.25, -0.2) is 9.59 Å². The van der Waals surface area contributed by atoms with Crippen LogP contribution in [0, 0.1) is 0 Å². The number of esters is 1. The predicted octanol–water partition coefficient (Wildman–Crippen LogP) is 2.54. The first kappa shape index (κ1) is 19.0. The monoisotopic (exact) mass is 372 g/mol. The van der Waals surface area contributed by atoms with E-state index >= 15 is 0 Å². The number of carbonyl (C=O) groups excluding carboxylic acids is 3. The van der Waals surface area contributed by atoms with Crippen LogP contribution in [0.5, 0.6) is 0 Å². The molecule has 0 unspecified atom stereocenters. The van der Waals surface area contributed by atoms with E-state index in [1.54, 1.807) is 5.32 Å². The standard InChI is InChI=1S/C12H9Cl2F3N2O4/c13-7-1-6(2-8(14)3-7)10(21)23-4-9(20)19-11(22)18-5-12(15,16)17/h1-3H,4-5H2,(H2,18,19,20,22). The summed E-state index contributed by atoms with van der Waals surface area (Å²) in [5, 5.41) is 3.31. The Balaban J connectivity index is 2.43. The summed E-state index contributed by atoms with van der Waals surface area (Å²) in [5.41, 5.74) is -0.0307. The van der Waals surface area contributed by atoms with Gasteiger partial charge in [-0.2, -0.15) is 13.2 Å². The summed E-state index contributed by atoms with van der Waals surface area (Å²) in [5.74, 6) is -2.05. The smallest absolute Gasteiger partial charge is 0.405 e. The third-order valence-corrected chi connectivity index (χ3v) is 2.57. The van der Waals surface area contributed by atoms with Crippen LogP contribution >= 0.6 is 23.2 Å². The number of benzene rings is 1. The van der Waals surface area contributed by atoms with E-state index in [1.165, 1.54) is 23.5 Å². The van der Waals surface area contributed by atoms with Crippen LogP contribution in [0.2, 0.25) is 10.0 Å². The normalized spacial score (nSPS) is 10.8. The zero-order valence-electron chi connectivity index (χ0n) is 11.2. The first-order valence-corrected chi connectivity index (χ1v) is 6.60. The third-order valence-electron chi connectivity index (χ3n) is 2.13. The number of amides is 3. The van der Waals surface area contributed by atoms with Crippen molar-refractivity contribution in [2.75, 3.05) is 13.2 Å². The molecular formula is C12H9Cl2F3N2O4. The molecule has 0 aliphatic heterocycles. The van der Waals surface area contributed by atoms with Crippen molar-refractivity contribution in [3.63, 3.8) is 0 Å². The number of hydrogen-bond acceptors (Lipinski definition) is 4. The lowest BCUT2D eigenvalue weighted by molar-refractivity contribution is -0.125. The summed E-state index contributed by atoms with van der Waals surface area (Å²) in [4.78, 5) is 33.9. The molecule has 1 aromatic carbocycles. The summed E-state index contributed by atoms with van der Waals surface area (Å²) >= 11 is 11.4. The number of nitrogens with one attached hydrogen (secondary N) is 2. The maximum Gasteiger partial charge on any atom is 0.405 e. The molecule has 0 aliphatic rings. The number of rotatable bonds is 4. The molecule has 0 aromatic heterocycles. The van der Waals surface area contributed by atoms with Gasteiger partial charge in [-0.3, -0.25) is 10.1 Å². The first-order chi connectivity index (χ1) is 10.6. The fourth-order valence-corrected chi connectivity index (χ4v) is 1.80. The van der Waals surface area contributed by atoms with Crippen LogP contribution in [0.1, 0.15) is 10.4 Å². The Kier molecular flexibility index (Phi) is 6.64. The minimum absolute atomic E-state index is 0.0307.